The molecule has 0 aliphatic rings. The Morgan fingerprint density at radius 3 is 2.00 bits per heavy atom. The van der Waals surface area contributed by atoms with Gasteiger partial charge in [-0.25, -0.2) is 0 Å². The van der Waals surface area contributed by atoms with Crippen molar-refractivity contribution in [3.63, 3.8) is 0 Å². The second kappa shape index (κ2) is 4.84. The van der Waals surface area contributed by atoms with Crippen LogP contribution in [-0.2, 0) is 11.8 Å². The van der Waals surface area contributed by atoms with Gasteiger partial charge in [-0.15, -0.1) is 0 Å². The molecule has 17 heavy (non-hydrogen) atoms. The summed E-state index contributed by atoms with van der Waals surface area (Å²) >= 11 is 0. The van der Waals surface area contributed by atoms with E-state index in [1.54, 1.807) is 0 Å². The Bertz CT molecular complexity index is 510. The Labute approximate surface area is 102 Å². The van der Waals surface area contributed by atoms with Crippen LogP contribution in [-0.4, -0.2) is 0 Å². The smallest absolute Gasteiger partial charge is 0.0834 e. The zero-order chi connectivity index (χ0) is 12.1. The predicted molar refractivity (Wildman–Crippen MR) is 69.6 cm³/mol. The summed E-state index contributed by atoms with van der Waals surface area (Å²) in [6.07, 6.45) is 0.744. The van der Waals surface area contributed by atoms with E-state index in [1.165, 1.54) is 5.56 Å². The fourth-order valence-corrected chi connectivity index (χ4v) is 2.02. The van der Waals surface area contributed by atoms with E-state index >= 15 is 0 Å². The van der Waals surface area contributed by atoms with Crippen molar-refractivity contribution in [2.45, 2.75) is 18.8 Å². The van der Waals surface area contributed by atoms with Gasteiger partial charge in [0.25, 0.3) is 0 Å². The molecule has 0 aromatic heterocycles. The maximum atomic E-state index is 9.45. The molecule has 1 atom stereocenters. The number of nitrogens with zero attached hydrogens (tertiary/aromatic N) is 1. The Balaban J connectivity index is 2.31. The van der Waals surface area contributed by atoms with Gasteiger partial charge in [0.15, 0.2) is 0 Å². The first-order valence-corrected chi connectivity index (χ1v) is 5.75. The summed E-state index contributed by atoms with van der Waals surface area (Å²) in [6, 6.07) is 22.6. The quantitative estimate of drug-likeness (QED) is 0.775. The Kier molecular flexibility index (Phi) is 3.25. The molecule has 0 bridgehead atoms. The maximum Gasteiger partial charge on any atom is 0.0834 e. The van der Waals surface area contributed by atoms with Crippen molar-refractivity contribution in [1.82, 2.24) is 0 Å². The van der Waals surface area contributed by atoms with Gasteiger partial charge in [-0.1, -0.05) is 60.7 Å². The predicted octanol–water partition coefficient (Wildman–Crippen LogP) is 3.71. The number of hydrogen-bond donors (Lipinski definition) is 0. The molecule has 1 unspecified atom stereocenters. The molecule has 1 nitrogen and oxygen atoms in total. The third-order valence-corrected chi connectivity index (χ3v) is 3.06. The van der Waals surface area contributed by atoms with Gasteiger partial charge in [-0.05, 0) is 24.5 Å². The highest BCUT2D eigenvalue weighted by Crippen LogP contribution is 2.27. The van der Waals surface area contributed by atoms with Gasteiger partial charge in [0.1, 0.15) is 0 Å². The Hall–Kier alpha value is -2.07. The molecule has 0 N–H and O–H groups in total. The summed E-state index contributed by atoms with van der Waals surface area (Å²) in [4.78, 5) is 0. The minimum absolute atomic E-state index is 0.456. The monoisotopic (exact) mass is 221 g/mol. The molecular formula is C16H15N. The molecule has 0 saturated carbocycles. The second-order valence-electron chi connectivity index (χ2n) is 4.47. The molecule has 0 saturated heterocycles. The summed E-state index contributed by atoms with van der Waals surface area (Å²) < 4.78 is 0. The van der Waals surface area contributed by atoms with Gasteiger partial charge in [0.05, 0.1) is 11.5 Å². The summed E-state index contributed by atoms with van der Waals surface area (Å²) in [5.41, 5.74) is 1.81. The lowest BCUT2D eigenvalue weighted by Crippen LogP contribution is -2.22. The van der Waals surface area contributed by atoms with E-state index in [1.807, 2.05) is 55.5 Å². The topological polar surface area (TPSA) is 23.8 Å². The van der Waals surface area contributed by atoms with E-state index in [4.69, 9.17) is 0 Å². The van der Waals surface area contributed by atoms with Crippen molar-refractivity contribution in [2.75, 3.05) is 0 Å². The van der Waals surface area contributed by atoms with Crippen molar-refractivity contribution in [2.24, 2.45) is 0 Å². The molecule has 0 radical (unpaired) electrons. The van der Waals surface area contributed by atoms with Crippen molar-refractivity contribution < 1.29 is 0 Å². The molecule has 0 amide bonds. The molecule has 2 aromatic carbocycles. The fraction of sp³-hybridized carbons (Fsp3) is 0.188. The van der Waals surface area contributed by atoms with E-state index < -0.39 is 5.41 Å². The maximum absolute atomic E-state index is 9.45. The van der Waals surface area contributed by atoms with Gasteiger partial charge in [-0.2, -0.15) is 5.26 Å². The molecule has 0 aliphatic heterocycles. The van der Waals surface area contributed by atoms with Crippen LogP contribution in [0.3, 0.4) is 0 Å². The number of hydrogen-bond acceptors (Lipinski definition) is 1. The van der Waals surface area contributed by atoms with Crippen LogP contribution in [0, 0.1) is 11.3 Å². The van der Waals surface area contributed by atoms with Crippen molar-refractivity contribution in [3.05, 3.63) is 71.8 Å². The lowest BCUT2D eigenvalue weighted by atomic mass is 9.79. The van der Waals surface area contributed by atoms with Crippen LogP contribution >= 0.6 is 0 Å². The first-order chi connectivity index (χ1) is 8.24. The first-order valence-electron chi connectivity index (χ1n) is 5.75. The van der Waals surface area contributed by atoms with Crippen LogP contribution in [0.4, 0.5) is 0 Å². The highest BCUT2D eigenvalue weighted by molar-refractivity contribution is 5.34. The standard InChI is InChI=1S/C16H15N/c1-16(13-17,15-10-6-3-7-11-15)12-14-8-4-2-5-9-14/h2-11H,12H2,1H3. The average Bonchev–Trinajstić information content (AvgIpc) is 2.41. The summed E-state index contributed by atoms with van der Waals surface area (Å²) in [5, 5.41) is 9.45. The van der Waals surface area contributed by atoms with Gasteiger partial charge in [0.2, 0.25) is 0 Å². The lowest BCUT2D eigenvalue weighted by Gasteiger charge is -2.22. The Morgan fingerprint density at radius 2 is 1.47 bits per heavy atom. The van der Waals surface area contributed by atoms with Gasteiger partial charge in [0, 0.05) is 0 Å². The number of rotatable bonds is 3. The number of nitriles is 1. The van der Waals surface area contributed by atoms with E-state index in [2.05, 4.69) is 18.2 Å². The third-order valence-electron chi connectivity index (χ3n) is 3.06. The summed E-state index contributed by atoms with van der Waals surface area (Å²) in [6.45, 7) is 2.00. The highest BCUT2D eigenvalue weighted by Gasteiger charge is 2.26. The Morgan fingerprint density at radius 1 is 0.941 bits per heavy atom. The van der Waals surface area contributed by atoms with Crippen LogP contribution in [0.1, 0.15) is 18.1 Å². The molecule has 2 rings (SSSR count). The summed E-state index contributed by atoms with van der Waals surface area (Å²) in [7, 11) is 0. The molecule has 0 fully saturated rings. The number of benzene rings is 2. The van der Waals surface area contributed by atoms with Crippen LogP contribution < -0.4 is 0 Å². The zero-order valence-corrected chi connectivity index (χ0v) is 9.93. The lowest BCUT2D eigenvalue weighted by molar-refractivity contribution is 0.606. The first kappa shape index (κ1) is 11.4. The summed E-state index contributed by atoms with van der Waals surface area (Å²) in [5.74, 6) is 0. The molecule has 1 heteroatoms. The van der Waals surface area contributed by atoms with Crippen molar-refractivity contribution in [1.29, 1.82) is 5.26 Å². The molecular weight excluding hydrogens is 206 g/mol. The van der Waals surface area contributed by atoms with Crippen molar-refractivity contribution in [3.8, 4) is 6.07 Å². The highest BCUT2D eigenvalue weighted by atomic mass is 14.4. The molecule has 2 aromatic rings. The van der Waals surface area contributed by atoms with Crippen LogP contribution in [0.5, 0.6) is 0 Å². The zero-order valence-electron chi connectivity index (χ0n) is 9.93. The van der Waals surface area contributed by atoms with E-state index in [0.717, 1.165) is 12.0 Å². The fourth-order valence-electron chi connectivity index (χ4n) is 2.02. The largest absolute Gasteiger partial charge is 0.197 e. The van der Waals surface area contributed by atoms with E-state index in [0.29, 0.717) is 0 Å². The van der Waals surface area contributed by atoms with Crippen molar-refractivity contribution >= 4 is 0 Å². The average molecular weight is 221 g/mol. The minimum atomic E-state index is -0.456. The molecule has 0 heterocycles. The third kappa shape index (κ3) is 2.54. The SMILES string of the molecule is CC(C#N)(Cc1ccccc1)c1ccccc1. The second-order valence-corrected chi connectivity index (χ2v) is 4.47. The van der Waals surface area contributed by atoms with Gasteiger partial charge < -0.3 is 0 Å². The molecule has 0 aliphatic carbocycles. The van der Waals surface area contributed by atoms with Gasteiger partial charge in [-0.3, -0.25) is 0 Å². The normalized spacial score (nSPS) is 13.6. The van der Waals surface area contributed by atoms with Crippen LogP contribution in [0.2, 0.25) is 0 Å². The van der Waals surface area contributed by atoms with Crippen LogP contribution in [0.15, 0.2) is 60.7 Å². The minimum Gasteiger partial charge on any atom is -0.197 e. The molecule has 84 valence electrons. The molecule has 0 spiro atoms. The van der Waals surface area contributed by atoms with E-state index in [-0.39, 0.29) is 0 Å². The van der Waals surface area contributed by atoms with Gasteiger partial charge >= 0.3 is 0 Å². The van der Waals surface area contributed by atoms with E-state index in [9.17, 15) is 5.26 Å². The van der Waals surface area contributed by atoms with Crippen LogP contribution in [0.25, 0.3) is 0 Å².